The van der Waals surface area contributed by atoms with E-state index in [1.165, 1.54) is 0 Å². The van der Waals surface area contributed by atoms with Crippen LogP contribution in [0.4, 0.5) is 11.8 Å². The Bertz CT molecular complexity index is 423. The van der Waals surface area contributed by atoms with Crippen molar-refractivity contribution in [3.05, 3.63) is 11.8 Å². The smallest absolute Gasteiger partial charge is 0.328 e. The number of nitrogens with zero attached hydrogens (tertiary/aromatic N) is 2. The molecule has 1 atom stereocenters. The lowest BCUT2D eigenvalue weighted by Gasteiger charge is -2.15. The van der Waals surface area contributed by atoms with Gasteiger partial charge in [-0.3, -0.25) is 0 Å². The van der Waals surface area contributed by atoms with Gasteiger partial charge in [-0.25, -0.2) is 9.78 Å². The molecule has 6 heteroatoms. The van der Waals surface area contributed by atoms with Crippen molar-refractivity contribution in [1.29, 1.82) is 0 Å². The number of esters is 1. The molecule has 2 N–H and O–H groups in total. The van der Waals surface area contributed by atoms with E-state index in [0.29, 0.717) is 18.4 Å². The molecule has 1 rings (SSSR count). The SMILES string of the molecule is CCCNc1ncc(C)c(NC(C)C(=O)OCC)n1. The fourth-order valence-corrected chi connectivity index (χ4v) is 1.44. The first kappa shape index (κ1) is 15.2. The molecule has 6 nitrogen and oxygen atoms in total. The number of hydrogen-bond donors (Lipinski definition) is 2. The lowest BCUT2D eigenvalue weighted by Crippen LogP contribution is -2.29. The molecule has 0 saturated heterocycles. The van der Waals surface area contributed by atoms with Gasteiger partial charge >= 0.3 is 5.97 Å². The Morgan fingerprint density at radius 2 is 2.21 bits per heavy atom. The summed E-state index contributed by atoms with van der Waals surface area (Å²) in [5, 5.41) is 6.16. The number of aryl methyl sites for hydroxylation is 1. The van der Waals surface area contributed by atoms with Gasteiger partial charge in [0.15, 0.2) is 0 Å². The summed E-state index contributed by atoms with van der Waals surface area (Å²) >= 11 is 0. The summed E-state index contributed by atoms with van der Waals surface area (Å²) in [5.41, 5.74) is 0.887. The van der Waals surface area contributed by atoms with Crippen molar-refractivity contribution < 1.29 is 9.53 Å². The van der Waals surface area contributed by atoms with Crippen LogP contribution in [0.15, 0.2) is 6.20 Å². The van der Waals surface area contributed by atoms with Crippen LogP contribution in [-0.2, 0) is 9.53 Å². The molecule has 0 spiro atoms. The summed E-state index contributed by atoms with van der Waals surface area (Å²) < 4.78 is 4.95. The molecule has 0 fully saturated rings. The average Bonchev–Trinajstić information content (AvgIpc) is 2.39. The summed E-state index contributed by atoms with van der Waals surface area (Å²) in [5.74, 6) is 0.920. The summed E-state index contributed by atoms with van der Waals surface area (Å²) in [6.45, 7) is 8.69. The number of carbonyl (C=O) groups excluding carboxylic acids is 1. The fourth-order valence-electron chi connectivity index (χ4n) is 1.44. The van der Waals surface area contributed by atoms with Gasteiger partial charge in [0.1, 0.15) is 11.9 Å². The number of anilines is 2. The third-order valence-corrected chi connectivity index (χ3v) is 2.50. The molecule has 19 heavy (non-hydrogen) atoms. The molecule has 1 unspecified atom stereocenters. The predicted octanol–water partition coefficient (Wildman–Crippen LogP) is 1.97. The highest BCUT2D eigenvalue weighted by Gasteiger charge is 2.15. The van der Waals surface area contributed by atoms with E-state index >= 15 is 0 Å². The quantitative estimate of drug-likeness (QED) is 0.735. The Morgan fingerprint density at radius 3 is 2.84 bits per heavy atom. The first-order valence-corrected chi connectivity index (χ1v) is 6.59. The lowest BCUT2D eigenvalue weighted by atomic mass is 10.3. The van der Waals surface area contributed by atoms with Gasteiger partial charge in [0.2, 0.25) is 5.95 Å². The number of hydrogen-bond acceptors (Lipinski definition) is 6. The maximum atomic E-state index is 11.6. The van der Waals surface area contributed by atoms with Gasteiger partial charge in [-0.15, -0.1) is 0 Å². The zero-order valence-electron chi connectivity index (χ0n) is 12.0. The third-order valence-electron chi connectivity index (χ3n) is 2.50. The van der Waals surface area contributed by atoms with Crippen molar-refractivity contribution in [1.82, 2.24) is 9.97 Å². The second-order valence-corrected chi connectivity index (χ2v) is 4.27. The van der Waals surface area contributed by atoms with Gasteiger partial charge in [-0.2, -0.15) is 4.98 Å². The van der Waals surface area contributed by atoms with Gasteiger partial charge in [0, 0.05) is 18.3 Å². The maximum absolute atomic E-state index is 11.6. The molecule has 0 aliphatic rings. The molecule has 0 radical (unpaired) electrons. The van der Waals surface area contributed by atoms with Crippen LogP contribution in [0.5, 0.6) is 0 Å². The topological polar surface area (TPSA) is 76.1 Å². The van der Waals surface area contributed by atoms with Gasteiger partial charge in [-0.05, 0) is 27.2 Å². The largest absolute Gasteiger partial charge is 0.464 e. The van der Waals surface area contributed by atoms with E-state index in [9.17, 15) is 4.79 Å². The van der Waals surface area contributed by atoms with Crippen molar-refractivity contribution in [3.8, 4) is 0 Å². The van der Waals surface area contributed by atoms with E-state index in [0.717, 1.165) is 18.5 Å². The standard InChI is InChI=1S/C13H22N4O2/c1-5-7-14-13-15-8-9(3)11(17-13)16-10(4)12(18)19-6-2/h8,10H,5-7H2,1-4H3,(H2,14,15,16,17). The third kappa shape index (κ3) is 4.73. The first-order valence-electron chi connectivity index (χ1n) is 6.59. The van der Waals surface area contributed by atoms with E-state index in [1.807, 2.05) is 6.92 Å². The van der Waals surface area contributed by atoms with Gasteiger partial charge in [0.25, 0.3) is 0 Å². The number of rotatable bonds is 7. The summed E-state index contributed by atoms with van der Waals surface area (Å²) in [4.78, 5) is 20.1. The number of carbonyl (C=O) groups is 1. The minimum absolute atomic E-state index is 0.288. The van der Waals surface area contributed by atoms with Crippen LogP contribution in [0.3, 0.4) is 0 Å². The molecule has 0 saturated carbocycles. The Kier molecular flexibility index (Phi) is 6.05. The molecule has 1 aromatic rings. The highest BCUT2D eigenvalue weighted by molar-refractivity contribution is 5.78. The molecular weight excluding hydrogens is 244 g/mol. The molecule has 0 amide bonds. The Morgan fingerprint density at radius 1 is 1.47 bits per heavy atom. The highest BCUT2D eigenvalue weighted by atomic mass is 16.5. The van der Waals surface area contributed by atoms with Gasteiger partial charge < -0.3 is 15.4 Å². The van der Waals surface area contributed by atoms with Gasteiger partial charge in [-0.1, -0.05) is 6.92 Å². The number of ether oxygens (including phenoxy) is 1. The van der Waals surface area contributed by atoms with Crippen LogP contribution < -0.4 is 10.6 Å². The average molecular weight is 266 g/mol. The molecule has 106 valence electrons. The van der Waals surface area contributed by atoms with E-state index in [1.54, 1.807) is 20.0 Å². The van der Waals surface area contributed by atoms with E-state index in [4.69, 9.17) is 4.74 Å². The lowest BCUT2D eigenvalue weighted by molar-refractivity contribution is -0.143. The first-order chi connectivity index (χ1) is 9.08. The normalized spacial score (nSPS) is 11.8. The zero-order valence-corrected chi connectivity index (χ0v) is 12.0. The number of aromatic nitrogens is 2. The summed E-state index contributed by atoms with van der Waals surface area (Å²) in [7, 11) is 0. The Balaban J connectivity index is 2.73. The molecule has 0 aliphatic heterocycles. The van der Waals surface area contributed by atoms with Crippen molar-refractivity contribution in [3.63, 3.8) is 0 Å². The van der Waals surface area contributed by atoms with Crippen molar-refractivity contribution in [2.45, 2.75) is 40.2 Å². The molecule has 0 bridgehead atoms. The van der Waals surface area contributed by atoms with Crippen LogP contribution in [0.2, 0.25) is 0 Å². The maximum Gasteiger partial charge on any atom is 0.328 e. The minimum atomic E-state index is -0.437. The van der Waals surface area contributed by atoms with Crippen LogP contribution >= 0.6 is 0 Å². The van der Waals surface area contributed by atoms with Crippen LogP contribution in [0, 0.1) is 6.92 Å². The zero-order chi connectivity index (χ0) is 14.3. The predicted molar refractivity (Wildman–Crippen MR) is 75.3 cm³/mol. The molecule has 1 aromatic heterocycles. The molecule has 0 aliphatic carbocycles. The molecule has 1 heterocycles. The van der Waals surface area contributed by atoms with E-state index in [-0.39, 0.29) is 5.97 Å². The Labute approximate surface area is 114 Å². The van der Waals surface area contributed by atoms with Crippen molar-refractivity contribution in [2.24, 2.45) is 0 Å². The van der Waals surface area contributed by atoms with E-state index < -0.39 is 6.04 Å². The van der Waals surface area contributed by atoms with Gasteiger partial charge in [0.05, 0.1) is 6.61 Å². The van der Waals surface area contributed by atoms with E-state index in [2.05, 4.69) is 27.5 Å². The monoisotopic (exact) mass is 266 g/mol. The summed E-state index contributed by atoms with van der Waals surface area (Å²) in [6, 6.07) is -0.437. The summed E-state index contributed by atoms with van der Waals surface area (Å²) in [6.07, 6.45) is 2.73. The highest BCUT2D eigenvalue weighted by Crippen LogP contribution is 2.14. The van der Waals surface area contributed by atoms with Crippen molar-refractivity contribution >= 4 is 17.7 Å². The fraction of sp³-hybridized carbons (Fsp3) is 0.615. The Hall–Kier alpha value is -1.85. The van der Waals surface area contributed by atoms with Crippen LogP contribution in [-0.4, -0.2) is 35.1 Å². The van der Waals surface area contributed by atoms with Crippen molar-refractivity contribution in [2.75, 3.05) is 23.8 Å². The van der Waals surface area contributed by atoms with Crippen LogP contribution in [0.25, 0.3) is 0 Å². The minimum Gasteiger partial charge on any atom is -0.464 e. The molecule has 0 aromatic carbocycles. The number of nitrogens with one attached hydrogen (secondary N) is 2. The second-order valence-electron chi connectivity index (χ2n) is 4.27. The second kappa shape index (κ2) is 7.56. The molecular formula is C13H22N4O2. The van der Waals surface area contributed by atoms with Crippen LogP contribution in [0.1, 0.15) is 32.8 Å².